The molecule has 4 nitrogen and oxygen atoms in total. The summed E-state index contributed by atoms with van der Waals surface area (Å²) in [5, 5.41) is 3.44. The molecule has 18 heavy (non-hydrogen) atoms. The number of hydrogen-bond acceptors (Lipinski definition) is 5. The van der Waals surface area contributed by atoms with Crippen LogP contribution < -0.4 is 11.1 Å². The largest absolute Gasteiger partial charge is 0.398 e. The normalized spacial score (nSPS) is 19.5. The quantitative estimate of drug-likeness (QED) is 0.881. The first-order chi connectivity index (χ1) is 8.66. The second-order valence-electron chi connectivity index (χ2n) is 4.19. The Hall–Kier alpha value is -0.880. The minimum absolute atomic E-state index is 0.129. The molecule has 3 N–H and O–H groups in total. The van der Waals surface area contributed by atoms with Gasteiger partial charge in [0.1, 0.15) is 0 Å². The highest BCUT2D eigenvalue weighted by molar-refractivity contribution is 8.06. The molecule has 0 aromatic carbocycles. The zero-order valence-electron chi connectivity index (χ0n) is 10.3. The fraction of sp³-hybridized carbons (Fsp3) is 0.500. The molecule has 2 rings (SSSR count). The summed E-state index contributed by atoms with van der Waals surface area (Å²) in [5.74, 6) is 3.35. The average molecular weight is 283 g/mol. The second kappa shape index (κ2) is 6.33. The molecule has 1 aliphatic rings. The summed E-state index contributed by atoms with van der Waals surface area (Å²) in [4.78, 5) is 16.1. The molecule has 1 aliphatic heterocycles. The van der Waals surface area contributed by atoms with Gasteiger partial charge in [-0.3, -0.25) is 9.78 Å². The first-order valence-corrected chi connectivity index (χ1v) is 8.07. The lowest BCUT2D eigenvalue weighted by Gasteiger charge is -2.21. The van der Waals surface area contributed by atoms with Crippen molar-refractivity contribution in [3.63, 3.8) is 0 Å². The van der Waals surface area contributed by atoms with Crippen LogP contribution in [0.1, 0.15) is 16.1 Å². The number of hydrogen-bond donors (Lipinski definition) is 2. The van der Waals surface area contributed by atoms with Crippen molar-refractivity contribution < 1.29 is 4.79 Å². The number of amides is 1. The van der Waals surface area contributed by atoms with E-state index in [0.717, 1.165) is 11.4 Å². The van der Waals surface area contributed by atoms with Gasteiger partial charge in [0.25, 0.3) is 5.91 Å². The molecule has 1 fully saturated rings. The molecule has 1 saturated heterocycles. The molecule has 98 valence electrons. The molecule has 0 spiro atoms. The maximum atomic E-state index is 12.0. The number of nitrogen functional groups attached to an aromatic ring is 1. The zero-order valence-corrected chi connectivity index (χ0v) is 11.9. The smallest absolute Gasteiger partial charge is 0.254 e. The van der Waals surface area contributed by atoms with Gasteiger partial charge in [-0.15, -0.1) is 0 Å². The lowest BCUT2D eigenvalue weighted by Crippen LogP contribution is -2.33. The van der Waals surface area contributed by atoms with Crippen LogP contribution in [-0.4, -0.2) is 39.9 Å². The number of pyridine rings is 1. The molecule has 1 aromatic rings. The molecule has 0 aliphatic carbocycles. The fourth-order valence-electron chi connectivity index (χ4n) is 1.73. The van der Waals surface area contributed by atoms with E-state index in [1.54, 1.807) is 12.3 Å². The monoisotopic (exact) mass is 283 g/mol. The van der Waals surface area contributed by atoms with Crippen LogP contribution in [0, 0.1) is 6.92 Å². The molecule has 2 heterocycles. The van der Waals surface area contributed by atoms with Crippen LogP contribution in [0.3, 0.4) is 0 Å². The Morgan fingerprint density at radius 2 is 2.44 bits per heavy atom. The third kappa shape index (κ3) is 3.55. The maximum Gasteiger partial charge on any atom is 0.254 e. The van der Waals surface area contributed by atoms with Crippen LogP contribution in [0.2, 0.25) is 0 Å². The van der Waals surface area contributed by atoms with Crippen LogP contribution in [0.25, 0.3) is 0 Å². The summed E-state index contributed by atoms with van der Waals surface area (Å²) in [5.41, 5.74) is 7.60. The lowest BCUT2D eigenvalue weighted by atomic mass is 10.2. The molecule has 0 radical (unpaired) electrons. The summed E-state index contributed by atoms with van der Waals surface area (Å²) in [6.45, 7) is 2.55. The number of aryl methyl sites for hydroxylation is 1. The summed E-state index contributed by atoms with van der Waals surface area (Å²) < 4.78 is 0. The van der Waals surface area contributed by atoms with E-state index in [0.29, 0.717) is 23.0 Å². The highest BCUT2D eigenvalue weighted by Gasteiger charge is 2.16. The number of anilines is 1. The Kier molecular flexibility index (Phi) is 4.77. The molecule has 0 saturated carbocycles. The van der Waals surface area contributed by atoms with E-state index in [1.165, 1.54) is 11.5 Å². The summed E-state index contributed by atoms with van der Waals surface area (Å²) in [6, 6.07) is 1.72. The Morgan fingerprint density at radius 3 is 3.11 bits per heavy atom. The van der Waals surface area contributed by atoms with Crippen LogP contribution in [0.5, 0.6) is 0 Å². The standard InChI is InChI=1S/C12H17N3OS2/c1-8-4-11(13)10(6-14-8)12(16)15-5-9-7-17-2-3-18-9/h4,6,9H,2-3,5,7H2,1H3,(H2,13,14)(H,15,16). The van der Waals surface area contributed by atoms with Crippen molar-refractivity contribution in [2.24, 2.45) is 0 Å². The van der Waals surface area contributed by atoms with Crippen molar-refractivity contribution in [1.29, 1.82) is 0 Å². The number of rotatable bonds is 3. The molecule has 0 bridgehead atoms. The van der Waals surface area contributed by atoms with Crippen molar-refractivity contribution in [2.45, 2.75) is 12.2 Å². The number of nitrogens with two attached hydrogens (primary N) is 1. The highest BCUT2D eigenvalue weighted by atomic mass is 32.2. The molecule has 1 amide bonds. The van der Waals surface area contributed by atoms with Crippen LogP contribution in [0.4, 0.5) is 5.69 Å². The summed E-state index contributed by atoms with van der Waals surface area (Å²) in [7, 11) is 0. The topological polar surface area (TPSA) is 68.0 Å². The summed E-state index contributed by atoms with van der Waals surface area (Å²) >= 11 is 3.87. The van der Waals surface area contributed by atoms with Crippen LogP contribution >= 0.6 is 23.5 Å². The van der Waals surface area contributed by atoms with Gasteiger partial charge in [0.05, 0.1) is 5.56 Å². The maximum absolute atomic E-state index is 12.0. The van der Waals surface area contributed by atoms with E-state index in [1.807, 2.05) is 30.4 Å². The van der Waals surface area contributed by atoms with E-state index >= 15 is 0 Å². The van der Waals surface area contributed by atoms with Gasteiger partial charge in [-0.2, -0.15) is 23.5 Å². The van der Waals surface area contributed by atoms with Gasteiger partial charge in [-0.25, -0.2) is 0 Å². The Morgan fingerprint density at radius 1 is 1.61 bits per heavy atom. The third-order valence-corrected chi connectivity index (χ3v) is 5.54. The van der Waals surface area contributed by atoms with Gasteiger partial charge in [-0.05, 0) is 13.0 Å². The van der Waals surface area contributed by atoms with E-state index in [9.17, 15) is 4.79 Å². The zero-order chi connectivity index (χ0) is 13.0. The van der Waals surface area contributed by atoms with Crippen molar-refractivity contribution in [2.75, 3.05) is 29.5 Å². The van der Waals surface area contributed by atoms with Gasteiger partial charge in [0.2, 0.25) is 0 Å². The van der Waals surface area contributed by atoms with E-state index in [4.69, 9.17) is 5.73 Å². The van der Waals surface area contributed by atoms with Gasteiger partial charge < -0.3 is 11.1 Å². The number of aromatic nitrogens is 1. The Bertz CT molecular complexity index is 433. The number of carbonyl (C=O) groups is 1. The summed E-state index contributed by atoms with van der Waals surface area (Å²) in [6.07, 6.45) is 1.54. The first kappa shape index (κ1) is 13.5. The Labute approximate surface area is 115 Å². The van der Waals surface area contributed by atoms with Crippen LogP contribution in [0.15, 0.2) is 12.3 Å². The predicted molar refractivity (Wildman–Crippen MR) is 79.3 cm³/mol. The minimum atomic E-state index is -0.129. The first-order valence-electron chi connectivity index (χ1n) is 5.86. The third-order valence-electron chi connectivity index (χ3n) is 2.69. The average Bonchev–Trinajstić information content (AvgIpc) is 2.37. The lowest BCUT2D eigenvalue weighted by molar-refractivity contribution is 0.0955. The predicted octanol–water partition coefficient (Wildman–Crippen LogP) is 1.55. The van der Waals surface area contributed by atoms with Crippen molar-refractivity contribution >= 4 is 35.1 Å². The van der Waals surface area contributed by atoms with Gasteiger partial charge in [0.15, 0.2) is 0 Å². The minimum Gasteiger partial charge on any atom is -0.398 e. The molecule has 1 atom stereocenters. The van der Waals surface area contributed by atoms with Crippen molar-refractivity contribution in [1.82, 2.24) is 10.3 Å². The van der Waals surface area contributed by atoms with E-state index in [2.05, 4.69) is 10.3 Å². The Balaban J connectivity index is 1.90. The second-order valence-corrected chi connectivity index (χ2v) is 6.75. The van der Waals surface area contributed by atoms with E-state index in [-0.39, 0.29) is 5.91 Å². The number of nitrogens with zero attached hydrogens (tertiary/aromatic N) is 1. The number of thioether (sulfide) groups is 2. The SMILES string of the molecule is Cc1cc(N)c(C(=O)NCC2CSCCS2)cn1. The van der Waals surface area contributed by atoms with E-state index < -0.39 is 0 Å². The van der Waals surface area contributed by atoms with Gasteiger partial charge in [-0.1, -0.05) is 0 Å². The molecular weight excluding hydrogens is 266 g/mol. The fourth-order valence-corrected chi connectivity index (χ4v) is 4.34. The number of carbonyl (C=O) groups excluding carboxylic acids is 1. The van der Waals surface area contributed by atoms with Crippen LogP contribution in [-0.2, 0) is 0 Å². The highest BCUT2D eigenvalue weighted by Crippen LogP contribution is 2.23. The molecular formula is C12H17N3OS2. The van der Waals surface area contributed by atoms with Crippen molar-refractivity contribution in [3.8, 4) is 0 Å². The number of nitrogens with one attached hydrogen (secondary N) is 1. The molecule has 1 unspecified atom stereocenters. The molecule has 6 heteroatoms. The molecule has 1 aromatic heterocycles. The van der Waals surface area contributed by atoms with Gasteiger partial charge >= 0.3 is 0 Å². The van der Waals surface area contributed by atoms with Crippen molar-refractivity contribution in [3.05, 3.63) is 23.5 Å². The van der Waals surface area contributed by atoms with Gasteiger partial charge in [0, 0.05) is 46.6 Å².